The molecule has 1 atom stereocenters. The van der Waals surface area contributed by atoms with Crippen LogP contribution in [0, 0.1) is 5.92 Å². The number of likely N-dealkylation sites (tertiary alicyclic amines) is 1. The number of carbonyl (C=O) groups is 1. The Morgan fingerprint density at radius 3 is 2.81 bits per heavy atom. The zero-order valence-corrected chi connectivity index (χ0v) is 15.8. The van der Waals surface area contributed by atoms with Gasteiger partial charge in [-0.25, -0.2) is 14.8 Å². The number of rotatable bonds is 4. The zero-order valence-electron chi connectivity index (χ0n) is 15.8. The van der Waals surface area contributed by atoms with Crippen LogP contribution in [0.25, 0.3) is 11.0 Å². The highest BCUT2D eigenvalue weighted by molar-refractivity contribution is 5.73. The van der Waals surface area contributed by atoms with Gasteiger partial charge in [-0.15, -0.1) is 0 Å². The average molecular weight is 357 g/mol. The minimum absolute atomic E-state index is 0.219. The summed E-state index contributed by atoms with van der Waals surface area (Å²) in [5.74, 6) is 0.966. The van der Waals surface area contributed by atoms with Crippen molar-refractivity contribution in [3.63, 3.8) is 0 Å². The number of para-hydroxylation sites is 2. The smallest absolute Gasteiger partial charge is 0.410 e. The van der Waals surface area contributed by atoms with Crippen LogP contribution in [0.4, 0.5) is 4.79 Å². The van der Waals surface area contributed by atoms with E-state index in [1.165, 1.54) is 0 Å². The lowest BCUT2D eigenvalue weighted by Gasteiger charge is -2.34. The molecule has 0 spiro atoms. The van der Waals surface area contributed by atoms with Crippen molar-refractivity contribution in [1.29, 1.82) is 0 Å². The van der Waals surface area contributed by atoms with Crippen molar-refractivity contribution in [3.8, 4) is 5.88 Å². The molecule has 1 aromatic carbocycles. The Hall–Kier alpha value is -2.37. The van der Waals surface area contributed by atoms with Gasteiger partial charge < -0.3 is 14.4 Å². The van der Waals surface area contributed by atoms with Gasteiger partial charge >= 0.3 is 6.09 Å². The van der Waals surface area contributed by atoms with Crippen molar-refractivity contribution in [2.75, 3.05) is 19.7 Å². The van der Waals surface area contributed by atoms with Gasteiger partial charge in [0.2, 0.25) is 5.88 Å². The van der Waals surface area contributed by atoms with Crippen LogP contribution in [0.1, 0.15) is 40.0 Å². The van der Waals surface area contributed by atoms with Crippen LogP contribution in [0.2, 0.25) is 0 Å². The Labute approximate surface area is 154 Å². The number of hydrogen-bond acceptors (Lipinski definition) is 5. The van der Waals surface area contributed by atoms with E-state index in [0.717, 1.165) is 43.4 Å². The molecular weight excluding hydrogens is 330 g/mol. The third kappa shape index (κ3) is 5.07. The van der Waals surface area contributed by atoms with Crippen molar-refractivity contribution in [3.05, 3.63) is 30.5 Å². The van der Waals surface area contributed by atoms with Crippen LogP contribution in [-0.4, -0.2) is 46.3 Å². The first kappa shape index (κ1) is 18.4. The second-order valence-electron chi connectivity index (χ2n) is 7.77. The van der Waals surface area contributed by atoms with Gasteiger partial charge in [0.25, 0.3) is 0 Å². The fraction of sp³-hybridized carbons (Fsp3) is 0.550. The van der Waals surface area contributed by atoms with Crippen LogP contribution in [0.3, 0.4) is 0 Å². The molecule has 2 aromatic rings. The predicted octanol–water partition coefficient (Wildman–Crippen LogP) is 4.05. The molecule has 1 aromatic heterocycles. The molecule has 1 aliphatic heterocycles. The van der Waals surface area contributed by atoms with Crippen molar-refractivity contribution < 1.29 is 14.3 Å². The quantitative estimate of drug-likeness (QED) is 0.826. The molecule has 1 fully saturated rings. The summed E-state index contributed by atoms with van der Waals surface area (Å²) >= 11 is 0. The average Bonchev–Trinajstić information content (AvgIpc) is 2.60. The van der Waals surface area contributed by atoms with Crippen molar-refractivity contribution in [1.82, 2.24) is 14.9 Å². The fourth-order valence-corrected chi connectivity index (χ4v) is 3.13. The zero-order chi connectivity index (χ0) is 18.6. The summed E-state index contributed by atoms with van der Waals surface area (Å²) in [6.45, 7) is 7.74. The molecule has 26 heavy (non-hydrogen) atoms. The summed E-state index contributed by atoms with van der Waals surface area (Å²) in [6, 6.07) is 7.74. The molecule has 1 aliphatic rings. The monoisotopic (exact) mass is 357 g/mol. The van der Waals surface area contributed by atoms with Crippen LogP contribution in [0.5, 0.6) is 5.88 Å². The van der Waals surface area contributed by atoms with E-state index in [1.807, 2.05) is 49.9 Å². The minimum Gasteiger partial charge on any atom is -0.477 e. The lowest BCUT2D eigenvalue weighted by atomic mass is 9.95. The molecule has 2 heterocycles. The van der Waals surface area contributed by atoms with Gasteiger partial charge in [0.15, 0.2) is 0 Å². The Morgan fingerprint density at radius 1 is 1.27 bits per heavy atom. The molecule has 6 nitrogen and oxygen atoms in total. The van der Waals surface area contributed by atoms with Gasteiger partial charge in [-0.05, 0) is 58.1 Å². The van der Waals surface area contributed by atoms with Gasteiger partial charge in [0.1, 0.15) is 5.60 Å². The lowest BCUT2D eigenvalue weighted by molar-refractivity contribution is 0.0154. The van der Waals surface area contributed by atoms with Gasteiger partial charge in [-0.3, -0.25) is 0 Å². The van der Waals surface area contributed by atoms with E-state index in [2.05, 4.69) is 9.97 Å². The number of aromatic nitrogens is 2. The molecule has 0 aliphatic carbocycles. The Kier molecular flexibility index (Phi) is 5.59. The van der Waals surface area contributed by atoms with Crippen LogP contribution < -0.4 is 4.74 Å². The fourth-order valence-electron chi connectivity index (χ4n) is 3.13. The third-order valence-electron chi connectivity index (χ3n) is 4.37. The highest BCUT2D eigenvalue weighted by atomic mass is 16.6. The summed E-state index contributed by atoms with van der Waals surface area (Å²) < 4.78 is 11.3. The third-order valence-corrected chi connectivity index (χ3v) is 4.37. The molecule has 0 radical (unpaired) electrons. The number of hydrogen-bond donors (Lipinski definition) is 0. The number of benzene rings is 1. The van der Waals surface area contributed by atoms with Gasteiger partial charge in [-0.2, -0.15) is 0 Å². The molecule has 3 rings (SSSR count). The summed E-state index contributed by atoms with van der Waals surface area (Å²) in [6.07, 6.45) is 4.43. The van der Waals surface area contributed by atoms with E-state index in [-0.39, 0.29) is 6.09 Å². The standard InChI is InChI=1S/C20H27N3O3/c1-20(2,3)26-19(24)23-11-6-7-15(14-23)10-12-25-18-13-21-16-8-4-5-9-17(16)22-18/h4-5,8-9,13,15H,6-7,10-12,14H2,1-3H3/t15-/m0/s1. The van der Waals surface area contributed by atoms with Gasteiger partial charge in [-0.1, -0.05) is 12.1 Å². The van der Waals surface area contributed by atoms with Crippen LogP contribution in [-0.2, 0) is 4.74 Å². The SMILES string of the molecule is CC(C)(C)OC(=O)N1CCC[C@@H](CCOc2cnc3ccccc3n2)C1. The number of carbonyl (C=O) groups excluding carboxylic acids is 1. The topological polar surface area (TPSA) is 64.5 Å². The Balaban J connectivity index is 1.48. The van der Waals surface area contributed by atoms with Crippen LogP contribution >= 0.6 is 0 Å². The molecule has 6 heteroatoms. The first-order valence-electron chi connectivity index (χ1n) is 9.23. The Bertz CT molecular complexity index is 757. The second-order valence-corrected chi connectivity index (χ2v) is 7.77. The van der Waals surface area contributed by atoms with E-state index in [1.54, 1.807) is 6.20 Å². The number of nitrogens with zero attached hydrogens (tertiary/aromatic N) is 3. The summed E-state index contributed by atoms with van der Waals surface area (Å²) in [5, 5.41) is 0. The number of amides is 1. The van der Waals surface area contributed by atoms with Gasteiger partial charge in [0.05, 0.1) is 23.8 Å². The molecular formula is C20H27N3O3. The first-order valence-corrected chi connectivity index (χ1v) is 9.23. The molecule has 0 unspecified atom stereocenters. The summed E-state index contributed by atoms with van der Waals surface area (Å²) in [5.41, 5.74) is 1.24. The lowest BCUT2D eigenvalue weighted by Crippen LogP contribution is -2.43. The maximum atomic E-state index is 12.2. The molecule has 1 saturated heterocycles. The maximum absolute atomic E-state index is 12.2. The summed E-state index contributed by atoms with van der Waals surface area (Å²) in [7, 11) is 0. The van der Waals surface area contributed by atoms with Crippen molar-refractivity contribution in [2.45, 2.75) is 45.6 Å². The van der Waals surface area contributed by atoms with E-state index in [0.29, 0.717) is 18.4 Å². The molecule has 1 amide bonds. The molecule has 140 valence electrons. The van der Waals surface area contributed by atoms with Crippen LogP contribution in [0.15, 0.2) is 30.5 Å². The summed E-state index contributed by atoms with van der Waals surface area (Å²) in [4.78, 5) is 22.9. The number of ether oxygens (including phenoxy) is 2. The Morgan fingerprint density at radius 2 is 2.04 bits per heavy atom. The van der Waals surface area contributed by atoms with E-state index in [9.17, 15) is 4.79 Å². The first-order chi connectivity index (χ1) is 12.4. The largest absolute Gasteiger partial charge is 0.477 e. The number of piperidine rings is 1. The molecule has 0 saturated carbocycles. The van der Waals surface area contributed by atoms with E-state index >= 15 is 0 Å². The minimum atomic E-state index is -0.456. The van der Waals surface area contributed by atoms with Crippen molar-refractivity contribution >= 4 is 17.1 Å². The van der Waals surface area contributed by atoms with Gasteiger partial charge in [0, 0.05) is 13.1 Å². The highest BCUT2D eigenvalue weighted by Crippen LogP contribution is 2.22. The highest BCUT2D eigenvalue weighted by Gasteiger charge is 2.27. The van der Waals surface area contributed by atoms with Crippen molar-refractivity contribution in [2.24, 2.45) is 5.92 Å². The van der Waals surface area contributed by atoms with E-state index in [4.69, 9.17) is 9.47 Å². The maximum Gasteiger partial charge on any atom is 0.410 e. The second kappa shape index (κ2) is 7.89. The molecule has 0 bridgehead atoms. The normalized spacial score (nSPS) is 18.0. The molecule has 0 N–H and O–H groups in total. The number of fused-ring (bicyclic) bond motifs is 1. The predicted molar refractivity (Wildman–Crippen MR) is 100 cm³/mol. The van der Waals surface area contributed by atoms with E-state index < -0.39 is 5.60 Å².